The molecule has 1 aliphatic carbocycles. The van der Waals surface area contributed by atoms with E-state index in [1.807, 2.05) is 0 Å². The number of nitrogens with one attached hydrogen (secondary N) is 2. The molecular weight excluding hydrogens is 278 g/mol. The van der Waals surface area contributed by atoms with E-state index in [-0.39, 0.29) is 17.9 Å². The molecule has 0 aromatic carbocycles. The third-order valence-electron chi connectivity index (χ3n) is 4.89. The highest BCUT2D eigenvalue weighted by atomic mass is 16.2. The summed E-state index contributed by atoms with van der Waals surface area (Å²) < 4.78 is 0. The van der Waals surface area contributed by atoms with Crippen LogP contribution in [0.4, 0.5) is 0 Å². The fraction of sp³-hybridized carbons (Fsp3) is 0.882. The maximum atomic E-state index is 11.9. The molecule has 1 atom stereocenters. The number of rotatable bonds is 5. The van der Waals surface area contributed by atoms with Crippen molar-refractivity contribution in [1.82, 2.24) is 15.5 Å². The van der Waals surface area contributed by atoms with Crippen molar-refractivity contribution >= 4 is 11.8 Å². The SMILES string of the molecule is CC(=O)NCCC(=O)NC1CCCN(C2CCCCCC2)C1. The molecule has 0 spiro atoms. The molecule has 2 aliphatic rings. The Morgan fingerprint density at radius 3 is 2.45 bits per heavy atom. The minimum absolute atomic E-state index is 0.0569. The van der Waals surface area contributed by atoms with E-state index in [2.05, 4.69) is 15.5 Å². The molecule has 0 bridgehead atoms. The van der Waals surface area contributed by atoms with Gasteiger partial charge in [-0.3, -0.25) is 14.5 Å². The molecule has 2 rings (SSSR count). The van der Waals surface area contributed by atoms with E-state index >= 15 is 0 Å². The first-order valence-corrected chi connectivity index (χ1v) is 8.93. The zero-order valence-electron chi connectivity index (χ0n) is 13.9. The lowest BCUT2D eigenvalue weighted by molar-refractivity contribution is -0.122. The molecular formula is C17H31N3O2. The van der Waals surface area contributed by atoms with Crippen molar-refractivity contribution in [3.8, 4) is 0 Å². The molecule has 1 unspecified atom stereocenters. The maximum absolute atomic E-state index is 11.9. The summed E-state index contributed by atoms with van der Waals surface area (Å²) in [5.74, 6) is -0.0218. The smallest absolute Gasteiger partial charge is 0.222 e. The van der Waals surface area contributed by atoms with Gasteiger partial charge in [0.25, 0.3) is 0 Å². The average molecular weight is 309 g/mol. The first kappa shape index (κ1) is 17.3. The molecule has 2 N–H and O–H groups in total. The van der Waals surface area contributed by atoms with Gasteiger partial charge in [-0.25, -0.2) is 0 Å². The number of hydrogen-bond donors (Lipinski definition) is 2. The van der Waals surface area contributed by atoms with Gasteiger partial charge >= 0.3 is 0 Å². The number of hydrogen-bond acceptors (Lipinski definition) is 3. The Balaban J connectivity index is 1.72. The lowest BCUT2D eigenvalue weighted by atomic mass is 10.00. The third kappa shape index (κ3) is 5.95. The summed E-state index contributed by atoms with van der Waals surface area (Å²) in [7, 11) is 0. The maximum Gasteiger partial charge on any atom is 0.222 e. The van der Waals surface area contributed by atoms with Crippen LogP contribution in [0, 0.1) is 0 Å². The van der Waals surface area contributed by atoms with Gasteiger partial charge in [0.05, 0.1) is 0 Å². The van der Waals surface area contributed by atoms with Crippen molar-refractivity contribution in [1.29, 1.82) is 0 Å². The largest absolute Gasteiger partial charge is 0.356 e. The summed E-state index contributed by atoms with van der Waals surface area (Å²) in [6.45, 7) is 4.09. The number of amides is 2. The average Bonchev–Trinajstić information content (AvgIpc) is 2.76. The van der Waals surface area contributed by atoms with E-state index in [0.29, 0.717) is 13.0 Å². The summed E-state index contributed by atoms with van der Waals surface area (Å²) in [4.78, 5) is 25.4. The summed E-state index contributed by atoms with van der Waals surface area (Å²) >= 11 is 0. The Hall–Kier alpha value is -1.10. The van der Waals surface area contributed by atoms with Crippen LogP contribution in [0.15, 0.2) is 0 Å². The van der Waals surface area contributed by atoms with Crippen molar-refractivity contribution in [2.24, 2.45) is 0 Å². The van der Waals surface area contributed by atoms with Gasteiger partial charge in [-0.1, -0.05) is 25.7 Å². The Kier molecular flexibility index (Phi) is 7.16. The summed E-state index contributed by atoms with van der Waals surface area (Å²) in [6.07, 6.45) is 10.7. The van der Waals surface area contributed by atoms with E-state index in [1.165, 1.54) is 58.4 Å². The van der Waals surface area contributed by atoms with Crippen LogP contribution in [-0.4, -0.2) is 48.4 Å². The Morgan fingerprint density at radius 1 is 1.05 bits per heavy atom. The molecule has 2 fully saturated rings. The van der Waals surface area contributed by atoms with Crippen LogP contribution in [0.3, 0.4) is 0 Å². The van der Waals surface area contributed by atoms with Crippen molar-refractivity contribution in [2.75, 3.05) is 19.6 Å². The van der Waals surface area contributed by atoms with Crippen LogP contribution in [0.2, 0.25) is 0 Å². The molecule has 2 amide bonds. The third-order valence-corrected chi connectivity index (χ3v) is 4.89. The standard InChI is InChI=1S/C17H31N3O2/c1-14(21)18-11-10-17(22)19-15-7-6-12-20(13-15)16-8-4-2-3-5-9-16/h15-16H,2-13H2,1H3,(H,18,21)(H,19,22). The van der Waals surface area contributed by atoms with Crippen LogP contribution in [0.25, 0.3) is 0 Å². The second-order valence-electron chi connectivity index (χ2n) is 6.78. The lowest BCUT2D eigenvalue weighted by Crippen LogP contribution is -2.51. The molecule has 126 valence electrons. The number of carbonyl (C=O) groups excluding carboxylic acids is 2. The first-order valence-electron chi connectivity index (χ1n) is 8.93. The monoisotopic (exact) mass is 309 g/mol. The van der Waals surface area contributed by atoms with Crippen molar-refractivity contribution in [3.05, 3.63) is 0 Å². The zero-order chi connectivity index (χ0) is 15.8. The van der Waals surface area contributed by atoms with E-state index < -0.39 is 0 Å². The van der Waals surface area contributed by atoms with Gasteiger partial charge in [0, 0.05) is 38.5 Å². The number of likely N-dealkylation sites (tertiary alicyclic amines) is 1. The van der Waals surface area contributed by atoms with Crippen LogP contribution in [-0.2, 0) is 9.59 Å². The zero-order valence-corrected chi connectivity index (χ0v) is 13.9. The Morgan fingerprint density at radius 2 is 1.77 bits per heavy atom. The highest BCUT2D eigenvalue weighted by Crippen LogP contribution is 2.24. The minimum Gasteiger partial charge on any atom is -0.356 e. The molecule has 1 saturated carbocycles. The van der Waals surface area contributed by atoms with Crippen molar-refractivity contribution < 1.29 is 9.59 Å². The molecule has 5 heteroatoms. The Bertz CT molecular complexity index is 365. The minimum atomic E-state index is -0.0787. The molecule has 0 aromatic heterocycles. The van der Waals surface area contributed by atoms with Gasteiger partial charge in [0.2, 0.25) is 11.8 Å². The Labute approximate surface area is 134 Å². The van der Waals surface area contributed by atoms with Gasteiger partial charge in [-0.15, -0.1) is 0 Å². The van der Waals surface area contributed by atoms with Crippen LogP contribution < -0.4 is 10.6 Å². The summed E-state index contributed by atoms with van der Waals surface area (Å²) in [5, 5.41) is 5.82. The summed E-state index contributed by atoms with van der Waals surface area (Å²) in [6, 6.07) is 1.00. The normalized spacial score (nSPS) is 24.5. The molecule has 1 aliphatic heterocycles. The van der Waals surface area contributed by atoms with Crippen LogP contribution in [0.1, 0.15) is 64.7 Å². The van der Waals surface area contributed by atoms with Crippen molar-refractivity contribution in [2.45, 2.75) is 76.8 Å². The molecule has 1 heterocycles. The van der Waals surface area contributed by atoms with Gasteiger partial charge in [-0.05, 0) is 32.2 Å². The fourth-order valence-electron chi connectivity index (χ4n) is 3.73. The highest BCUT2D eigenvalue weighted by molar-refractivity contribution is 5.78. The molecule has 5 nitrogen and oxygen atoms in total. The van der Waals surface area contributed by atoms with Gasteiger partial charge in [0.15, 0.2) is 0 Å². The molecule has 1 saturated heterocycles. The predicted molar refractivity (Wildman–Crippen MR) is 87.5 cm³/mol. The fourth-order valence-corrected chi connectivity index (χ4v) is 3.73. The second-order valence-corrected chi connectivity index (χ2v) is 6.78. The van der Waals surface area contributed by atoms with E-state index in [0.717, 1.165) is 19.0 Å². The highest BCUT2D eigenvalue weighted by Gasteiger charge is 2.26. The van der Waals surface area contributed by atoms with Crippen molar-refractivity contribution in [3.63, 3.8) is 0 Å². The lowest BCUT2D eigenvalue weighted by Gasteiger charge is -2.38. The number of carbonyl (C=O) groups is 2. The molecule has 0 aromatic rings. The second kappa shape index (κ2) is 9.13. The van der Waals surface area contributed by atoms with Crippen LogP contribution >= 0.6 is 0 Å². The van der Waals surface area contributed by atoms with E-state index in [9.17, 15) is 9.59 Å². The molecule has 0 radical (unpaired) electrons. The summed E-state index contributed by atoms with van der Waals surface area (Å²) in [5.41, 5.74) is 0. The topological polar surface area (TPSA) is 61.4 Å². The molecule has 22 heavy (non-hydrogen) atoms. The first-order chi connectivity index (χ1) is 10.6. The predicted octanol–water partition coefficient (Wildman–Crippen LogP) is 1.82. The van der Waals surface area contributed by atoms with Gasteiger partial charge < -0.3 is 10.6 Å². The van der Waals surface area contributed by atoms with E-state index in [1.54, 1.807) is 0 Å². The van der Waals surface area contributed by atoms with Crippen LogP contribution in [0.5, 0.6) is 0 Å². The number of piperidine rings is 1. The quantitative estimate of drug-likeness (QED) is 0.762. The van der Waals surface area contributed by atoms with E-state index in [4.69, 9.17) is 0 Å². The van der Waals surface area contributed by atoms with Gasteiger partial charge in [0.1, 0.15) is 0 Å². The van der Waals surface area contributed by atoms with Gasteiger partial charge in [-0.2, -0.15) is 0 Å². The number of nitrogens with zero attached hydrogens (tertiary/aromatic N) is 1.